The lowest BCUT2D eigenvalue weighted by Gasteiger charge is -2.09. The molecule has 0 unspecified atom stereocenters. The average molecular weight is 324 g/mol. The predicted molar refractivity (Wildman–Crippen MR) is 89.5 cm³/mol. The highest BCUT2D eigenvalue weighted by atomic mass is 16.6. The first-order chi connectivity index (χ1) is 11.5. The smallest absolute Gasteiger partial charge is 0.349 e. The van der Waals surface area contributed by atoms with Gasteiger partial charge in [0.25, 0.3) is 0 Å². The highest BCUT2D eigenvalue weighted by Gasteiger charge is 2.09. The lowest BCUT2D eigenvalue weighted by molar-refractivity contribution is -0.136. The molecule has 0 radical (unpaired) electrons. The number of carbonyl (C=O) groups is 1. The third kappa shape index (κ3) is 3.63. The number of ether oxygens (including phenoxy) is 2. The van der Waals surface area contributed by atoms with E-state index in [0.29, 0.717) is 17.1 Å². The Morgan fingerprint density at radius 2 is 1.83 bits per heavy atom. The van der Waals surface area contributed by atoms with Gasteiger partial charge < -0.3 is 13.9 Å². The van der Waals surface area contributed by atoms with Crippen molar-refractivity contribution in [3.05, 3.63) is 70.1 Å². The second-order valence-corrected chi connectivity index (χ2v) is 5.49. The molecule has 0 spiro atoms. The maximum absolute atomic E-state index is 11.9. The first-order valence-electron chi connectivity index (χ1n) is 7.46. The van der Waals surface area contributed by atoms with E-state index >= 15 is 0 Å². The van der Waals surface area contributed by atoms with Crippen LogP contribution in [0.3, 0.4) is 0 Å². The zero-order valence-electron chi connectivity index (χ0n) is 13.4. The van der Waals surface area contributed by atoms with Crippen LogP contribution in [0.15, 0.2) is 57.7 Å². The molecule has 0 N–H and O–H groups in total. The average Bonchev–Trinajstić information content (AvgIpc) is 2.53. The zero-order chi connectivity index (χ0) is 17.1. The molecule has 0 aliphatic carbocycles. The van der Waals surface area contributed by atoms with E-state index in [1.165, 1.54) is 12.1 Å². The Labute approximate surface area is 138 Å². The molecule has 122 valence electrons. The molecular weight excluding hydrogens is 308 g/mol. The van der Waals surface area contributed by atoms with Gasteiger partial charge in [0.1, 0.15) is 17.1 Å². The van der Waals surface area contributed by atoms with E-state index in [9.17, 15) is 9.59 Å². The van der Waals surface area contributed by atoms with Gasteiger partial charge in [0.15, 0.2) is 6.61 Å². The summed E-state index contributed by atoms with van der Waals surface area (Å²) < 4.78 is 15.8. The van der Waals surface area contributed by atoms with Crippen LogP contribution in [-0.4, -0.2) is 12.6 Å². The van der Waals surface area contributed by atoms with Gasteiger partial charge in [0.2, 0.25) is 0 Å². The fourth-order valence-corrected chi connectivity index (χ4v) is 2.36. The van der Waals surface area contributed by atoms with Crippen molar-refractivity contribution in [3.63, 3.8) is 0 Å². The van der Waals surface area contributed by atoms with Crippen LogP contribution in [0.4, 0.5) is 0 Å². The maximum Gasteiger partial charge on any atom is 0.349 e. The van der Waals surface area contributed by atoms with E-state index in [2.05, 4.69) is 0 Å². The van der Waals surface area contributed by atoms with Gasteiger partial charge in [-0.2, -0.15) is 0 Å². The van der Waals surface area contributed by atoms with E-state index < -0.39 is 11.6 Å². The summed E-state index contributed by atoms with van der Waals surface area (Å²) in [5, 5.41) is 0.751. The van der Waals surface area contributed by atoms with Gasteiger partial charge in [-0.25, -0.2) is 9.59 Å². The molecule has 0 aliphatic heterocycles. The fourth-order valence-electron chi connectivity index (χ4n) is 2.36. The zero-order valence-corrected chi connectivity index (χ0v) is 13.4. The summed E-state index contributed by atoms with van der Waals surface area (Å²) in [5.74, 6) is 0.403. The SMILES string of the molecule is Cc1ccc(OCC(=O)Oc2ccc3ccc(=O)oc3c2)c(C)c1. The van der Waals surface area contributed by atoms with Crippen LogP contribution in [-0.2, 0) is 4.79 Å². The molecule has 2 aromatic carbocycles. The summed E-state index contributed by atoms with van der Waals surface area (Å²) >= 11 is 0. The summed E-state index contributed by atoms with van der Waals surface area (Å²) in [7, 11) is 0. The lowest BCUT2D eigenvalue weighted by Crippen LogP contribution is -2.18. The predicted octanol–water partition coefficient (Wildman–Crippen LogP) is 3.39. The quantitative estimate of drug-likeness (QED) is 0.418. The fraction of sp³-hybridized carbons (Fsp3) is 0.158. The first-order valence-corrected chi connectivity index (χ1v) is 7.46. The molecule has 1 aromatic heterocycles. The second kappa shape index (κ2) is 6.58. The van der Waals surface area contributed by atoms with Crippen LogP contribution >= 0.6 is 0 Å². The van der Waals surface area contributed by atoms with E-state index in [0.717, 1.165) is 16.5 Å². The highest BCUT2D eigenvalue weighted by Crippen LogP contribution is 2.21. The largest absolute Gasteiger partial charge is 0.482 e. The minimum Gasteiger partial charge on any atom is -0.482 e. The van der Waals surface area contributed by atoms with Gasteiger partial charge in [0.05, 0.1) is 0 Å². The number of carbonyl (C=O) groups excluding carboxylic acids is 1. The van der Waals surface area contributed by atoms with E-state index in [-0.39, 0.29) is 6.61 Å². The molecule has 5 nitrogen and oxygen atoms in total. The first kappa shape index (κ1) is 15.8. The van der Waals surface area contributed by atoms with Gasteiger partial charge in [-0.1, -0.05) is 17.7 Å². The lowest BCUT2D eigenvalue weighted by atomic mass is 10.1. The summed E-state index contributed by atoms with van der Waals surface area (Å²) in [6.07, 6.45) is 0. The van der Waals surface area contributed by atoms with Crippen LogP contribution in [0.25, 0.3) is 11.0 Å². The van der Waals surface area contributed by atoms with Crippen LogP contribution in [0.2, 0.25) is 0 Å². The van der Waals surface area contributed by atoms with Crippen molar-refractivity contribution in [3.8, 4) is 11.5 Å². The van der Waals surface area contributed by atoms with E-state index in [1.54, 1.807) is 18.2 Å². The van der Waals surface area contributed by atoms with Crippen LogP contribution < -0.4 is 15.1 Å². The number of rotatable bonds is 4. The maximum atomic E-state index is 11.9. The molecule has 0 amide bonds. The van der Waals surface area contributed by atoms with Gasteiger partial charge in [0, 0.05) is 17.5 Å². The Morgan fingerprint density at radius 3 is 2.62 bits per heavy atom. The van der Waals surface area contributed by atoms with Crippen LogP contribution in [0.5, 0.6) is 11.5 Å². The van der Waals surface area contributed by atoms with E-state index in [1.807, 2.05) is 32.0 Å². The third-order valence-corrected chi connectivity index (χ3v) is 3.50. The standard InChI is InChI=1S/C19H16O5/c1-12-3-7-16(13(2)9-12)22-11-19(21)23-15-6-4-14-5-8-18(20)24-17(14)10-15/h3-10H,11H2,1-2H3. The number of aryl methyl sites for hydroxylation is 2. The number of benzene rings is 2. The van der Waals surface area contributed by atoms with Crippen molar-refractivity contribution in [2.75, 3.05) is 6.61 Å². The van der Waals surface area contributed by atoms with Gasteiger partial charge in [-0.05, 0) is 43.7 Å². The van der Waals surface area contributed by atoms with Crippen molar-refractivity contribution in [2.45, 2.75) is 13.8 Å². The molecule has 0 aliphatic rings. The Balaban J connectivity index is 1.67. The minimum atomic E-state index is -0.535. The normalized spacial score (nSPS) is 10.6. The molecule has 3 rings (SSSR count). The number of hydrogen-bond acceptors (Lipinski definition) is 5. The minimum absolute atomic E-state index is 0.208. The van der Waals surface area contributed by atoms with Crippen LogP contribution in [0.1, 0.15) is 11.1 Å². The Bertz CT molecular complexity index is 955. The van der Waals surface area contributed by atoms with Crippen molar-refractivity contribution in [1.29, 1.82) is 0 Å². The molecule has 0 saturated carbocycles. The summed E-state index contributed by atoms with van der Waals surface area (Å²) in [4.78, 5) is 23.2. The second-order valence-electron chi connectivity index (χ2n) is 5.49. The molecule has 0 atom stereocenters. The van der Waals surface area contributed by atoms with Crippen molar-refractivity contribution < 1.29 is 18.7 Å². The summed E-state index contributed by atoms with van der Waals surface area (Å²) in [6.45, 7) is 3.70. The molecule has 0 saturated heterocycles. The molecule has 1 heterocycles. The summed E-state index contributed by atoms with van der Waals surface area (Å²) in [5.41, 5.74) is 1.99. The van der Waals surface area contributed by atoms with Crippen LogP contribution in [0, 0.1) is 13.8 Å². The molecule has 0 bridgehead atoms. The Kier molecular flexibility index (Phi) is 4.33. The summed E-state index contributed by atoms with van der Waals surface area (Å²) in [6, 6.07) is 13.6. The highest BCUT2D eigenvalue weighted by molar-refractivity contribution is 5.80. The molecule has 0 fully saturated rings. The number of fused-ring (bicyclic) bond motifs is 1. The van der Waals surface area contributed by atoms with Crippen molar-refractivity contribution in [2.24, 2.45) is 0 Å². The van der Waals surface area contributed by atoms with E-state index in [4.69, 9.17) is 13.9 Å². The Hall–Kier alpha value is -3.08. The molecule has 5 heteroatoms. The van der Waals surface area contributed by atoms with Gasteiger partial charge in [-0.15, -0.1) is 0 Å². The van der Waals surface area contributed by atoms with Crippen molar-refractivity contribution >= 4 is 16.9 Å². The molecule has 24 heavy (non-hydrogen) atoms. The monoisotopic (exact) mass is 324 g/mol. The Morgan fingerprint density at radius 1 is 1.04 bits per heavy atom. The number of hydrogen-bond donors (Lipinski definition) is 0. The van der Waals surface area contributed by atoms with Crippen molar-refractivity contribution in [1.82, 2.24) is 0 Å². The van der Waals surface area contributed by atoms with Gasteiger partial charge in [-0.3, -0.25) is 0 Å². The molecular formula is C19H16O5. The third-order valence-electron chi connectivity index (χ3n) is 3.50. The molecule has 3 aromatic rings. The van der Waals surface area contributed by atoms with Gasteiger partial charge >= 0.3 is 11.6 Å². The number of esters is 1. The topological polar surface area (TPSA) is 65.7 Å².